The third-order valence-electron chi connectivity index (χ3n) is 7.95. The fraction of sp³-hybridized carbons (Fsp3) is 0.464. The molecule has 39 heavy (non-hydrogen) atoms. The quantitative estimate of drug-likeness (QED) is 0.379. The first-order valence-electron chi connectivity index (χ1n) is 13.7. The number of carbonyl (C=O) groups is 1. The third kappa shape index (κ3) is 4.82. The Morgan fingerprint density at radius 2 is 1.82 bits per heavy atom. The molecule has 0 bridgehead atoms. The van der Waals surface area contributed by atoms with Crippen LogP contribution in [0.2, 0.25) is 0 Å². The van der Waals surface area contributed by atoms with Gasteiger partial charge in [-0.15, -0.1) is 0 Å². The van der Waals surface area contributed by atoms with Crippen LogP contribution in [0.25, 0.3) is 0 Å². The van der Waals surface area contributed by atoms with E-state index in [0.717, 1.165) is 61.2 Å². The van der Waals surface area contributed by atoms with Crippen LogP contribution >= 0.6 is 0 Å². The van der Waals surface area contributed by atoms with Gasteiger partial charge in [0.05, 0.1) is 28.7 Å². The molecule has 1 saturated heterocycles. The first-order valence-corrected chi connectivity index (χ1v) is 13.7. The van der Waals surface area contributed by atoms with Gasteiger partial charge < -0.3 is 26.1 Å². The Labute approximate surface area is 227 Å². The summed E-state index contributed by atoms with van der Waals surface area (Å²) in [6.45, 7) is 8.14. The van der Waals surface area contributed by atoms with E-state index < -0.39 is 5.54 Å². The summed E-state index contributed by atoms with van der Waals surface area (Å²) in [7, 11) is 0. The Hall–Kier alpha value is -3.99. The number of aromatic nitrogens is 4. The van der Waals surface area contributed by atoms with Gasteiger partial charge >= 0.3 is 0 Å². The van der Waals surface area contributed by atoms with Gasteiger partial charge in [-0.2, -0.15) is 4.73 Å². The summed E-state index contributed by atoms with van der Waals surface area (Å²) in [4.78, 5) is 33.0. The van der Waals surface area contributed by atoms with Crippen LogP contribution in [0.4, 0.5) is 23.1 Å². The number of fused-ring (bicyclic) bond motifs is 2. The lowest BCUT2D eigenvalue weighted by Crippen LogP contribution is -2.54. The van der Waals surface area contributed by atoms with Crippen molar-refractivity contribution < 1.29 is 10.0 Å². The van der Waals surface area contributed by atoms with Crippen LogP contribution in [-0.4, -0.2) is 56.0 Å². The Morgan fingerprint density at radius 1 is 1.05 bits per heavy atom. The maximum atomic E-state index is 12.8. The lowest BCUT2D eigenvalue weighted by atomic mass is 9.79. The lowest BCUT2D eigenvalue weighted by molar-refractivity contribution is 0.0892. The van der Waals surface area contributed by atoms with Crippen LogP contribution in [0.3, 0.4) is 0 Å². The second-order valence-corrected chi connectivity index (χ2v) is 11.1. The fourth-order valence-electron chi connectivity index (χ4n) is 6.31. The molecular formula is C28H35N9O2. The summed E-state index contributed by atoms with van der Waals surface area (Å²) in [5.41, 5.74) is 2.78. The molecule has 4 N–H and O–H groups in total. The van der Waals surface area contributed by atoms with Crippen molar-refractivity contribution in [3.8, 4) is 0 Å². The normalized spacial score (nSPS) is 22.6. The summed E-state index contributed by atoms with van der Waals surface area (Å²) in [6, 6.07) is 8.26. The highest BCUT2D eigenvalue weighted by Gasteiger charge is 2.47. The minimum atomic E-state index is -0.549. The molecule has 204 valence electrons. The number of hydrogen-bond acceptors (Lipinski definition) is 9. The molecule has 3 aliphatic rings. The highest BCUT2D eigenvalue weighted by Crippen LogP contribution is 2.42. The number of piperazine rings is 1. The van der Waals surface area contributed by atoms with E-state index in [1.165, 1.54) is 6.33 Å². The summed E-state index contributed by atoms with van der Waals surface area (Å²) < 4.78 is 1.07. The zero-order valence-corrected chi connectivity index (χ0v) is 22.6. The molecule has 5 heterocycles. The van der Waals surface area contributed by atoms with E-state index in [2.05, 4.69) is 60.7 Å². The van der Waals surface area contributed by atoms with E-state index in [0.29, 0.717) is 46.3 Å². The molecule has 11 heteroatoms. The van der Waals surface area contributed by atoms with Crippen molar-refractivity contribution in [2.75, 3.05) is 23.3 Å². The SMILES string of the molecule is Cc1cc(=Nc2cc(Nc3ccc(N4C[C@@H](C)N[C@@H](C)C4)cn3)ncn2)n(O)c2c1C(=O)NC21CCCCC1. The van der Waals surface area contributed by atoms with Gasteiger partial charge in [-0.1, -0.05) is 19.3 Å². The first kappa shape index (κ1) is 25.3. The molecule has 3 aromatic heterocycles. The standard InChI is InChI=1S/C28H35N9O2/c1-17-11-24(37(39)26-25(17)27(38)35-28(26)9-5-4-6-10-28)34-23-12-22(30-16-31-23)33-21-8-7-20(13-29-21)36-14-18(2)32-19(3)15-36/h7-8,11-13,16,18-19,32,39H,4-6,9-10,14-15H2,1-3H3,(H,35,38)(H,29,30,31,33)/t18-,19+. The van der Waals surface area contributed by atoms with Crippen molar-refractivity contribution in [1.82, 2.24) is 30.3 Å². The molecule has 11 nitrogen and oxygen atoms in total. The number of rotatable bonds is 4. The summed E-state index contributed by atoms with van der Waals surface area (Å²) in [5.74, 6) is 1.45. The largest absolute Gasteiger partial charge is 0.427 e. The zero-order valence-electron chi connectivity index (χ0n) is 22.6. The summed E-state index contributed by atoms with van der Waals surface area (Å²) in [6.07, 6.45) is 8.04. The van der Waals surface area contributed by atoms with Gasteiger partial charge in [0.1, 0.15) is 18.0 Å². The smallest absolute Gasteiger partial charge is 0.254 e. The van der Waals surface area contributed by atoms with Crippen LogP contribution in [0, 0.1) is 6.92 Å². The van der Waals surface area contributed by atoms with Crippen LogP contribution in [-0.2, 0) is 5.54 Å². The van der Waals surface area contributed by atoms with Gasteiger partial charge in [-0.25, -0.2) is 19.9 Å². The molecule has 1 amide bonds. The minimum absolute atomic E-state index is 0.133. The van der Waals surface area contributed by atoms with E-state index in [1.54, 1.807) is 12.1 Å². The number of nitrogens with zero attached hydrogens (tertiary/aromatic N) is 6. The molecule has 1 saturated carbocycles. The molecule has 2 fully saturated rings. The van der Waals surface area contributed by atoms with E-state index in [4.69, 9.17) is 0 Å². The van der Waals surface area contributed by atoms with Crippen LogP contribution < -0.4 is 26.3 Å². The monoisotopic (exact) mass is 529 g/mol. The number of carbonyl (C=O) groups excluding carboxylic acids is 1. The maximum Gasteiger partial charge on any atom is 0.254 e. The fourth-order valence-corrected chi connectivity index (χ4v) is 6.31. The maximum absolute atomic E-state index is 12.8. The molecular weight excluding hydrogens is 494 g/mol. The van der Waals surface area contributed by atoms with Crippen molar-refractivity contribution in [2.24, 2.45) is 4.99 Å². The average molecular weight is 530 g/mol. The molecule has 2 aliphatic heterocycles. The van der Waals surface area contributed by atoms with E-state index in [9.17, 15) is 10.0 Å². The minimum Gasteiger partial charge on any atom is -0.427 e. The molecule has 0 unspecified atom stereocenters. The Balaban J connectivity index is 1.26. The predicted octanol–water partition coefficient (Wildman–Crippen LogP) is 3.28. The Morgan fingerprint density at radius 3 is 2.54 bits per heavy atom. The van der Waals surface area contributed by atoms with Gasteiger partial charge in [0, 0.05) is 31.2 Å². The molecule has 1 aliphatic carbocycles. The second-order valence-electron chi connectivity index (χ2n) is 11.1. The number of aryl methyl sites for hydroxylation is 1. The number of amides is 1. The van der Waals surface area contributed by atoms with Gasteiger partial charge in [0.2, 0.25) is 0 Å². The van der Waals surface area contributed by atoms with Gasteiger partial charge in [-0.3, -0.25) is 4.79 Å². The van der Waals surface area contributed by atoms with Crippen LogP contribution in [0.15, 0.2) is 41.8 Å². The van der Waals surface area contributed by atoms with Crippen molar-refractivity contribution in [2.45, 2.75) is 70.5 Å². The topological polar surface area (TPSA) is 133 Å². The van der Waals surface area contributed by atoms with Crippen molar-refractivity contribution in [3.05, 3.63) is 59.1 Å². The van der Waals surface area contributed by atoms with Crippen molar-refractivity contribution in [3.63, 3.8) is 0 Å². The van der Waals surface area contributed by atoms with Crippen LogP contribution in [0.5, 0.6) is 0 Å². The van der Waals surface area contributed by atoms with Gasteiger partial charge in [-0.05, 0) is 57.4 Å². The van der Waals surface area contributed by atoms with Crippen molar-refractivity contribution >= 4 is 29.0 Å². The van der Waals surface area contributed by atoms with Gasteiger partial charge in [0.25, 0.3) is 5.91 Å². The average Bonchev–Trinajstić information content (AvgIpc) is 3.19. The number of hydrogen-bond donors (Lipinski definition) is 4. The van der Waals surface area contributed by atoms with E-state index in [1.807, 2.05) is 19.2 Å². The molecule has 2 atom stereocenters. The highest BCUT2D eigenvalue weighted by molar-refractivity contribution is 6.00. The Kier molecular flexibility index (Phi) is 6.46. The van der Waals surface area contributed by atoms with Gasteiger partial charge in [0.15, 0.2) is 11.3 Å². The first-order chi connectivity index (χ1) is 18.8. The summed E-state index contributed by atoms with van der Waals surface area (Å²) >= 11 is 0. The van der Waals surface area contributed by atoms with Crippen molar-refractivity contribution in [1.29, 1.82) is 0 Å². The number of pyridine rings is 2. The molecule has 0 radical (unpaired) electrons. The predicted molar refractivity (Wildman–Crippen MR) is 148 cm³/mol. The number of anilines is 3. The number of nitrogens with one attached hydrogen (secondary N) is 3. The van der Waals surface area contributed by atoms with E-state index in [-0.39, 0.29) is 5.91 Å². The second kappa shape index (κ2) is 9.96. The molecule has 1 spiro atoms. The summed E-state index contributed by atoms with van der Waals surface area (Å²) in [5, 5.41) is 21.2. The lowest BCUT2D eigenvalue weighted by Gasteiger charge is -2.37. The Bertz CT molecular complexity index is 1450. The third-order valence-corrected chi connectivity index (χ3v) is 7.95. The van der Waals surface area contributed by atoms with Crippen LogP contribution in [0.1, 0.15) is 67.6 Å². The molecule has 0 aromatic carbocycles. The zero-order chi connectivity index (χ0) is 27.1. The molecule has 6 rings (SSSR count). The molecule has 3 aromatic rings. The van der Waals surface area contributed by atoms with E-state index >= 15 is 0 Å². The highest BCUT2D eigenvalue weighted by atomic mass is 16.5.